The van der Waals surface area contributed by atoms with E-state index < -0.39 is 0 Å². The Bertz CT molecular complexity index is 643. The van der Waals surface area contributed by atoms with Crippen molar-refractivity contribution in [3.63, 3.8) is 0 Å². The molecule has 2 aromatic rings. The van der Waals surface area contributed by atoms with E-state index >= 15 is 0 Å². The highest BCUT2D eigenvalue weighted by Gasteiger charge is 2.17. The van der Waals surface area contributed by atoms with Crippen molar-refractivity contribution in [3.8, 4) is 11.5 Å². The first-order valence-corrected chi connectivity index (χ1v) is 7.40. The summed E-state index contributed by atoms with van der Waals surface area (Å²) in [6.07, 6.45) is 1.71. The van der Waals surface area contributed by atoms with Gasteiger partial charge in [0.2, 0.25) is 0 Å². The molecule has 7 heteroatoms. The van der Waals surface area contributed by atoms with Crippen molar-refractivity contribution in [3.05, 3.63) is 40.1 Å². The van der Waals surface area contributed by atoms with E-state index in [9.17, 15) is 4.79 Å². The number of hydrogen-bond acceptors (Lipinski definition) is 4. The molecule has 0 aliphatic rings. The number of aromatic nitrogens is 2. The van der Waals surface area contributed by atoms with Crippen molar-refractivity contribution >= 4 is 21.8 Å². The van der Waals surface area contributed by atoms with Crippen LogP contribution in [0.2, 0.25) is 0 Å². The second-order valence-corrected chi connectivity index (χ2v) is 5.68. The van der Waals surface area contributed by atoms with Gasteiger partial charge in [0.1, 0.15) is 11.5 Å². The molecular weight excluding hydrogens is 350 g/mol. The number of ether oxygens (including phenoxy) is 2. The minimum atomic E-state index is -0.120. The molecule has 0 fully saturated rings. The third-order valence-corrected chi connectivity index (χ3v) is 4.01. The predicted octanol–water partition coefficient (Wildman–Crippen LogP) is 2.47. The Morgan fingerprint density at radius 3 is 2.32 bits per heavy atom. The van der Waals surface area contributed by atoms with Crippen LogP contribution in [0.15, 0.2) is 28.9 Å². The molecule has 0 unspecified atom stereocenters. The summed E-state index contributed by atoms with van der Waals surface area (Å²) >= 11 is 3.44. The number of rotatable bonds is 5. The lowest BCUT2D eigenvalue weighted by atomic mass is 10.1. The summed E-state index contributed by atoms with van der Waals surface area (Å²) in [4.78, 5) is 14.2. The lowest BCUT2D eigenvalue weighted by Gasteiger charge is -2.18. The highest BCUT2D eigenvalue weighted by molar-refractivity contribution is 9.10. The SMILES string of the molecule is COc1cc(OC)cc(C(=O)N(C)Cc2c(Br)cnn2C)c1. The van der Waals surface area contributed by atoms with Crippen LogP contribution in [0.5, 0.6) is 11.5 Å². The number of carbonyl (C=O) groups excluding carboxylic acids is 1. The molecular formula is C15H18BrN3O3. The molecule has 1 amide bonds. The van der Waals surface area contributed by atoms with E-state index in [0.717, 1.165) is 10.2 Å². The molecule has 0 aliphatic heterocycles. The number of aryl methyl sites for hydroxylation is 1. The van der Waals surface area contributed by atoms with Crippen molar-refractivity contribution < 1.29 is 14.3 Å². The molecule has 0 atom stereocenters. The van der Waals surface area contributed by atoms with Crippen molar-refractivity contribution in [2.45, 2.75) is 6.54 Å². The average Bonchev–Trinajstić information content (AvgIpc) is 2.85. The quantitative estimate of drug-likeness (QED) is 0.814. The maximum absolute atomic E-state index is 12.6. The zero-order valence-electron chi connectivity index (χ0n) is 13.0. The van der Waals surface area contributed by atoms with E-state index in [1.165, 1.54) is 0 Å². The largest absolute Gasteiger partial charge is 0.497 e. The molecule has 0 N–H and O–H groups in total. The minimum absolute atomic E-state index is 0.120. The average molecular weight is 368 g/mol. The van der Waals surface area contributed by atoms with E-state index in [0.29, 0.717) is 23.6 Å². The van der Waals surface area contributed by atoms with E-state index in [-0.39, 0.29) is 5.91 Å². The maximum atomic E-state index is 12.6. The summed E-state index contributed by atoms with van der Waals surface area (Å²) in [6.45, 7) is 0.440. The van der Waals surface area contributed by atoms with Crippen LogP contribution in [0.3, 0.4) is 0 Å². The molecule has 118 valence electrons. The molecule has 0 saturated carbocycles. The van der Waals surface area contributed by atoms with Gasteiger partial charge in [0.15, 0.2) is 0 Å². The van der Waals surface area contributed by atoms with Gasteiger partial charge in [-0.1, -0.05) is 0 Å². The van der Waals surface area contributed by atoms with E-state index in [2.05, 4.69) is 21.0 Å². The molecule has 1 aromatic heterocycles. The first kappa shape index (κ1) is 16.4. The minimum Gasteiger partial charge on any atom is -0.497 e. The van der Waals surface area contributed by atoms with E-state index in [1.807, 2.05) is 7.05 Å². The van der Waals surface area contributed by atoms with Gasteiger partial charge < -0.3 is 14.4 Å². The molecule has 0 saturated heterocycles. The fourth-order valence-corrected chi connectivity index (χ4v) is 2.54. The van der Waals surface area contributed by atoms with Crippen LogP contribution >= 0.6 is 15.9 Å². The van der Waals surface area contributed by atoms with Crippen LogP contribution in [0, 0.1) is 0 Å². The van der Waals surface area contributed by atoms with Crippen LogP contribution in [0.4, 0.5) is 0 Å². The number of carbonyl (C=O) groups is 1. The number of benzene rings is 1. The fourth-order valence-electron chi connectivity index (χ4n) is 2.06. The van der Waals surface area contributed by atoms with Crippen LogP contribution in [-0.4, -0.2) is 41.9 Å². The number of hydrogen-bond donors (Lipinski definition) is 0. The molecule has 0 aliphatic carbocycles. The van der Waals surface area contributed by atoms with Gasteiger partial charge in [-0.15, -0.1) is 0 Å². The van der Waals surface area contributed by atoms with Gasteiger partial charge in [-0.3, -0.25) is 9.48 Å². The van der Waals surface area contributed by atoms with Gasteiger partial charge in [0.05, 0.1) is 37.1 Å². The van der Waals surface area contributed by atoms with Crippen molar-refractivity contribution in [2.75, 3.05) is 21.3 Å². The summed E-state index contributed by atoms with van der Waals surface area (Å²) in [5, 5.41) is 4.15. The summed E-state index contributed by atoms with van der Waals surface area (Å²) in [5.74, 6) is 1.04. The van der Waals surface area contributed by atoms with Gasteiger partial charge in [0.25, 0.3) is 5.91 Å². The smallest absolute Gasteiger partial charge is 0.254 e. The lowest BCUT2D eigenvalue weighted by molar-refractivity contribution is 0.0781. The Morgan fingerprint density at radius 2 is 1.86 bits per heavy atom. The zero-order valence-corrected chi connectivity index (χ0v) is 14.5. The molecule has 1 heterocycles. The van der Waals surface area contributed by atoms with Gasteiger partial charge in [-0.2, -0.15) is 5.10 Å². The second kappa shape index (κ2) is 6.83. The number of methoxy groups -OCH3 is 2. The van der Waals surface area contributed by atoms with Gasteiger partial charge in [-0.05, 0) is 28.1 Å². The van der Waals surface area contributed by atoms with E-state index in [4.69, 9.17) is 9.47 Å². The van der Waals surface area contributed by atoms with E-state index in [1.54, 1.807) is 55.2 Å². The monoisotopic (exact) mass is 367 g/mol. The molecule has 0 radical (unpaired) electrons. The molecule has 0 spiro atoms. The standard InChI is InChI=1S/C15H18BrN3O3/c1-18(9-14-13(16)8-17-19(14)2)15(20)10-5-11(21-3)7-12(6-10)22-4/h5-8H,9H2,1-4H3. The topological polar surface area (TPSA) is 56.6 Å². The zero-order chi connectivity index (χ0) is 16.3. The molecule has 6 nitrogen and oxygen atoms in total. The van der Waals surface area contributed by atoms with Crippen molar-refractivity contribution in [1.29, 1.82) is 0 Å². The van der Waals surface area contributed by atoms with Crippen LogP contribution < -0.4 is 9.47 Å². The first-order chi connectivity index (χ1) is 10.5. The van der Waals surface area contributed by atoms with Gasteiger partial charge in [0, 0.05) is 25.7 Å². The summed E-state index contributed by atoms with van der Waals surface area (Å²) < 4.78 is 13.0. The third kappa shape index (κ3) is 3.41. The number of halogens is 1. The summed E-state index contributed by atoms with van der Waals surface area (Å²) in [6, 6.07) is 5.12. The maximum Gasteiger partial charge on any atom is 0.254 e. The Morgan fingerprint density at radius 1 is 1.27 bits per heavy atom. The second-order valence-electron chi connectivity index (χ2n) is 4.83. The summed E-state index contributed by atoms with van der Waals surface area (Å²) in [5.41, 5.74) is 1.43. The Balaban J connectivity index is 2.23. The number of nitrogens with zero attached hydrogens (tertiary/aromatic N) is 3. The van der Waals surface area contributed by atoms with Gasteiger partial charge >= 0.3 is 0 Å². The molecule has 0 bridgehead atoms. The molecule has 1 aromatic carbocycles. The fraction of sp³-hybridized carbons (Fsp3) is 0.333. The number of amides is 1. The first-order valence-electron chi connectivity index (χ1n) is 6.61. The lowest BCUT2D eigenvalue weighted by Crippen LogP contribution is -2.27. The van der Waals surface area contributed by atoms with Crippen molar-refractivity contribution in [1.82, 2.24) is 14.7 Å². The highest BCUT2D eigenvalue weighted by Crippen LogP contribution is 2.24. The van der Waals surface area contributed by atoms with Crippen LogP contribution in [0.25, 0.3) is 0 Å². The normalized spacial score (nSPS) is 10.4. The van der Waals surface area contributed by atoms with Crippen molar-refractivity contribution in [2.24, 2.45) is 7.05 Å². The van der Waals surface area contributed by atoms with Crippen LogP contribution in [-0.2, 0) is 13.6 Å². The third-order valence-electron chi connectivity index (χ3n) is 3.34. The Kier molecular flexibility index (Phi) is 5.07. The Labute approximate surface area is 137 Å². The molecule has 22 heavy (non-hydrogen) atoms. The Hall–Kier alpha value is -2.02. The predicted molar refractivity (Wildman–Crippen MR) is 86.3 cm³/mol. The highest BCUT2D eigenvalue weighted by atomic mass is 79.9. The summed E-state index contributed by atoms with van der Waals surface area (Å²) in [7, 11) is 6.69. The molecule has 2 rings (SSSR count). The van der Waals surface area contributed by atoms with Crippen LogP contribution in [0.1, 0.15) is 16.1 Å². The van der Waals surface area contributed by atoms with Gasteiger partial charge in [-0.25, -0.2) is 0 Å².